The van der Waals surface area contributed by atoms with Gasteiger partial charge in [-0.05, 0) is 85.8 Å². The lowest BCUT2D eigenvalue weighted by Crippen LogP contribution is -2.07. The van der Waals surface area contributed by atoms with Gasteiger partial charge in [0.1, 0.15) is 28.3 Å². The van der Waals surface area contributed by atoms with Crippen molar-refractivity contribution in [3.05, 3.63) is 94.7 Å². The van der Waals surface area contributed by atoms with Crippen LogP contribution in [0.2, 0.25) is 10.0 Å². The molecule has 0 aliphatic rings. The van der Waals surface area contributed by atoms with Crippen LogP contribution >= 0.6 is 23.2 Å². The van der Waals surface area contributed by atoms with E-state index in [1.165, 1.54) is 6.08 Å². The zero-order chi connectivity index (χ0) is 25.1. The number of carbonyl (C=O) groups excluding carboxylic acids is 1. The van der Waals surface area contributed by atoms with E-state index in [2.05, 4.69) is 15.5 Å². The Morgan fingerprint density at radius 1 is 1.00 bits per heavy atom. The Morgan fingerprint density at radius 3 is 2.58 bits per heavy atom. The van der Waals surface area contributed by atoms with Gasteiger partial charge in [-0.3, -0.25) is 4.79 Å². The van der Waals surface area contributed by atoms with Crippen LogP contribution in [-0.4, -0.2) is 27.5 Å². The van der Waals surface area contributed by atoms with Gasteiger partial charge in [0.2, 0.25) is 5.91 Å². The number of ether oxygens (including phenoxy) is 1. The normalized spacial score (nSPS) is 11.3. The SMILES string of the molecule is CCOc1ccc(-n2nc3ccc(NC(=O)/C=C/c4ccc(-c5ccc(Cl)cc5Cl)o4)cc3n2)cc1. The van der Waals surface area contributed by atoms with Crippen molar-refractivity contribution in [1.29, 1.82) is 0 Å². The summed E-state index contributed by atoms with van der Waals surface area (Å²) in [5.74, 6) is 1.57. The summed E-state index contributed by atoms with van der Waals surface area (Å²) < 4.78 is 11.3. The molecule has 2 heterocycles. The van der Waals surface area contributed by atoms with E-state index in [0.717, 1.165) is 17.0 Å². The molecule has 3 aromatic carbocycles. The maximum Gasteiger partial charge on any atom is 0.248 e. The van der Waals surface area contributed by atoms with Crippen LogP contribution in [0.4, 0.5) is 5.69 Å². The van der Waals surface area contributed by atoms with E-state index in [4.69, 9.17) is 32.4 Å². The van der Waals surface area contributed by atoms with E-state index >= 15 is 0 Å². The van der Waals surface area contributed by atoms with Crippen LogP contribution in [0.15, 0.2) is 83.3 Å². The minimum absolute atomic E-state index is 0.310. The molecule has 0 saturated heterocycles. The zero-order valence-corrected chi connectivity index (χ0v) is 20.6. The highest BCUT2D eigenvalue weighted by atomic mass is 35.5. The summed E-state index contributed by atoms with van der Waals surface area (Å²) in [6, 6.07) is 21.6. The Labute approximate surface area is 216 Å². The van der Waals surface area contributed by atoms with Gasteiger partial charge in [-0.1, -0.05) is 23.2 Å². The van der Waals surface area contributed by atoms with Gasteiger partial charge in [0.25, 0.3) is 0 Å². The number of amides is 1. The van der Waals surface area contributed by atoms with Gasteiger partial charge in [0.15, 0.2) is 0 Å². The molecule has 5 aromatic rings. The third-order valence-electron chi connectivity index (χ3n) is 5.25. The van der Waals surface area contributed by atoms with Gasteiger partial charge >= 0.3 is 0 Å². The molecule has 1 N–H and O–H groups in total. The first-order chi connectivity index (χ1) is 17.5. The zero-order valence-electron chi connectivity index (χ0n) is 19.1. The van der Waals surface area contributed by atoms with Gasteiger partial charge in [0.05, 0.1) is 17.3 Å². The lowest BCUT2D eigenvalue weighted by Gasteiger charge is -2.03. The minimum Gasteiger partial charge on any atom is -0.494 e. The lowest BCUT2D eigenvalue weighted by molar-refractivity contribution is -0.111. The van der Waals surface area contributed by atoms with Gasteiger partial charge in [-0.25, -0.2) is 0 Å². The fourth-order valence-electron chi connectivity index (χ4n) is 3.57. The molecule has 5 rings (SSSR count). The van der Waals surface area contributed by atoms with Crippen LogP contribution in [0.3, 0.4) is 0 Å². The molecule has 0 saturated carbocycles. The Kier molecular flexibility index (Phi) is 6.75. The molecule has 1 amide bonds. The second kappa shape index (κ2) is 10.3. The first-order valence-electron chi connectivity index (χ1n) is 11.1. The number of nitrogens with zero attached hydrogens (tertiary/aromatic N) is 3. The fraction of sp³-hybridized carbons (Fsp3) is 0.0741. The Bertz CT molecular complexity index is 1570. The molecule has 0 atom stereocenters. The standard InChI is InChI=1S/C27H20Cl2N4O3/c1-2-35-20-7-5-19(6-8-20)33-31-24-12-4-18(16-25(24)32-33)30-27(34)14-10-21-9-13-26(36-21)22-11-3-17(28)15-23(22)29/h3-16H,2H2,1H3,(H,30,34)/b14-10+. The number of rotatable bonds is 7. The summed E-state index contributed by atoms with van der Waals surface area (Å²) in [7, 11) is 0. The summed E-state index contributed by atoms with van der Waals surface area (Å²) in [5.41, 5.74) is 3.49. The van der Waals surface area contributed by atoms with E-state index in [1.807, 2.05) is 31.2 Å². The molecule has 9 heteroatoms. The van der Waals surface area contributed by atoms with Crippen molar-refractivity contribution in [3.63, 3.8) is 0 Å². The number of carbonyl (C=O) groups is 1. The Hall–Kier alpha value is -4.07. The number of aromatic nitrogens is 3. The maximum absolute atomic E-state index is 12.5. The van der Waals surface area contributed by atoms with Crippen LogP contribution < -0.4 is 10.1 Å². The van der Waals surface area contributed by atoms with Gasteiger partial charge in [-0.15, -0.1) is 10.2 Å². The third-order valence-corrected chi connectivity index (χ3v) is 5.80. The number of anilines is 1. The number of nitrogens with one attached hydrogen (secondary N) is 1. The number of benzene rings is 3. The predicted octanol–water partition coefficient (Wildman–Crippen LogP) is 7.04. The highest BCUT2D eigenvalue weighted by Gasteiger charge is 2.10. The quantitative estimate of drug-likeness (QED) is 0.233. The largest absolute Gasteiger partial charge is 0.494 e. The number of furan rings is 1. The average molecular weight is 519 g/mol. The molecule has 0 radical (unpaired) electrons. The average Bonchev–Trinajstić information content (AvgIpc) is 3.50. The van der Waals surface area contributed by atoms with E-state index in [0.29, 0.717) is 44.9 Å². The Balaban J connectivity index is 1.26. The van der Waals surface area contributed by atoms with Crippen LogP contribution in [0.25, 0.3) is 34.1 Å². The molecule has 36 heavy (non-hydrogen) atoms. The smallest absolute Gasteiger partial charge is 0.248 e. The van der Waals surface area contributed by atoms with Crippen LogP contribution in [0, 0.1) is 0 Å². The number of halogens is 2. The van der Waals surface area contributed by atoms with Crippen molar-refractivity contribution >= 4 is 51.9 Å². The lowest BCUT2D eigenvalue weighted by atomic mass is 10.2. The highest BCUT2D eigenvalue weighted by molar-refractivity contribution is 6.36. The summed E-state index contributed by atoms with van der Waals surface area (Å²) in [4.78, 5) is 14.0. The molecule has 0 aliphatic heterocycles. The van der Waals surface area contributed by atoms with Crippen molar-refractivity contribution < 1.29 is 13.9 Å². The van der Waals surface area contributed by atoms with Gasteiger partial charge < -0.3 is 14.5 Å². The minimum atomic E-state index is -0.310. The number of fused-ring (bicyclic) bond motifs is 1. The summed E-state index contributed by atoms with van der Waals surface area (Å²) in [5, 5.41) is 12.9. The van der Waals surface area contributed by atoms with E-state index in [-0.39, 0.29) is 5.91 Å². The molecule has 7 nitrogen and oxygen atoms in total. The number of hydrogen-bond acceptors (Lipinski definition) is 5. The van der Waals surface area contributed by atoms with Crippen molar-refractivity contribution in [2.45, 2.75) is 6.92 Å². The first kappa shape index (κ1) is 23.7. The molecule has 0 bridgehead atoms. The van der Waals surface area contributed by atoms with Crippen molar-refractivity contribution in [1.82, 2.24) is 15.0 Å². The molecule has 180 valence electrons. The van der Waals surface area contributed by atoms with Gasteiger partial charge in [-0.2, -0.15) is 4.80 Å². The maximum atomic E-state index is 12.5. The van der Waals surface area contributed by atoms with Crippen molar-refractivity contribution in [3.8, 4) is 22.8 Å². The predicted molar refractivity (Wildman–Crippen MR) is 142 cm³/mol. The second-order valence-corrected chi connectivity index (χ2v) is 8.61. The monoisotopic (exact) mass is 518 g/mol. The molecular weight excluding hydrogens is 499 g/mol. The van der Waals surface area contributed by atoms with Gasteiger partial charge in [0, 0.05) is 22.3 Å². The fourth-order valence-corrected chi connectivity index (χ4v) is 4.07. The number of hydrogen-bond donors (Lipinski definition) is 1. The molecule has 0 fully saturated rings. The van der Waals surface area contributed by atoms with Crippen LogP contribution in [0.1, 0.15) is 12.7 Å². The summed E-state index contributed by atoms with van der Waals surface area (Å²) >= 11 is 12.2. The van der Waals surface area contributed by atoms with E-state index < -0.39 is 0 Å². The van der Waals surface area contributed by atoms with E-state index in [9.17, 15) is 4.79 Å². The molecule has 0 unspecified atom stereocenters. The molecule has 0 aliphatic carbocycles. The van der Waals surface area contributed by atoms with Crippen LogP contribution in [0.5, 0.6) is 5.75 Å². The molecule has 0 spiro atoms. The molecule has 2 aromatic heterocycles. The second-order valence-electron chi connectivity index (χ2n) is 7.77. The first-order valence-corrected chi connectivity index (χ1v) is 11.9. The summed E-state index contributed by atoms with van der Waals surface area (Å²) in [6.45, 7) is 2.54. The summed E-state index contributed by atoms with van der Waals surface area (Å²) in [6.07, 6.45) is 2.98. The van der Waals surface area contributed by atoms with E-state index in [1.54, 1.807) is 59.4 Å². The van der Waals surface area contributed by atoms with Crippen LogP contribution in [-0.2, 0) is 4.79 Å². The third kappa shape index (κ3) is 5.27. The molecular formula is C27H20Cl2N4O3. The topological polar surface area (TPSA) is 82.2 Å². The van der Waals surface area contributed by atoms with Crippen molar-refractivity contribution in [2.24, 2.45) is 0 Å². The highest BCUT2D eigenvalue weighted by Crippen LogP contribution is 2.31. The Morgan fingerprint density at radius 2 is 1.81 bits per heavy atom. The van der Waals surface area contributed by atoms with Crippen molar-refractivity contribution in [2.75, 3.05) is 11.9 Å².